The number of nitrogens with zero attached hydrogens (tertiary/aromatic N) is 2. The normalized spacial score (nSPS) is 11.4. The van der Waals surface area contributed by atoms with Gasteiger partial charge in [0.25, 0.3) is 0 Å². The lowest BCUT2D eigenvalue weighted by Gasteiger charge is -2.12. The van der Waals surface area contributed by atoms with Crippen LogP contribution in [0.15, 0.2) is 33.7 Å². The van der Waals surface area contributed by atoms with Crippen LogP contribution in [0.1, 0.15) is 22.5 Å². The van der Waals surface area contributed by atoms with Crippen molar-refractivity contribution < 1.29 is 4.74 Å². The van der Waals surface area contributed by atoms with E-state index in [-0.39, 0.29) is 0 Å². The molecule has 1 aromatic carbocycles. The van der Waals surface area contributed by atoms with E-state index in [2.05, 4.69) is 43.5 Å². The van der Waals surface area contributed by atoms with Crippen LogP contribution < -0.4 is 15.4 Å². The van der Waals surface area contributed by atoms with Crippen LogP contribution in [0.25, 0.3) is 0 Å². The van der Waals surface area contributed by atoms with E-state index in [1.807, 2.05) is 38.1 Å². The number of nitrogens with one attached hydrogen (secondary N) is 2. The third-order valence-electron chi connectivity index (χ3n) is 3.18. The summed E-state index contributed by atoms with van der Waals surface area (Å²) >= 11 is 5.13. The van der Waals surface area contributed by atoms with Gasteiger partial charge in [-0.1, -0.05) is 22.0 Å². The highest BCUT2D eigenvalue weighted by atomic mass is 79.9. The van der Waals surface area contributed by atoms with Gasteiger partial charge in [0.15, 0.2) is 5.96 Å². The molecule has 130 valence electrons. The molecule has 0 bridgehead atoms. The fourth-order valence-corrected chi connectivity index (χ4v) is 3.35. The molecule has 0 spiro atoms. The molecule has 0 atom stereocenters. The zero-order valence-corrected chi connectivity index (χ0v) is 16.6. The van der Waals surface area contributed by atoms with Crippen molar-refractivity contribution in [3.63, 3.8) is 0 Å². The van der Waals surface area contributed by atoms with E-state index >= 15 is 0 Å². The van der Waals surface area contributed by atoms with Crippen molar-refractivity contribution in [2.24, 2.45) is 4.99 Å². The lowest BCUT2D eigenvalue weighted by atomic mass is 10.3. The van der Waals surface area contributed by atoms with Gasteiger partial charge in [0.1, 0.15) is 12.4 Å². The second-order valence-corrected chi connectivity index (χ2v) is 7.37. The summed E-state index contributed by atoms with van der Waals surface area (Å²) in [5.41, 5.74) is 1.06. The van der Waals surface area contributed by atoms with Crippen LogP contribution in [0.3, 0.4) is 0 Å². The first-order valence-electron chi connectivity index (χ1n) is 7.92. The number of benzene rings is 1. The van der Waals surface area contributed by atoms with Gasteiger partial charge in [0.2, 0.25) is 0 Å². The predicted octanol–water partition coefficient (Wildman–Crippen LogP) is 3.66. The minimum absolute atomic E-state index is 0.569. The van der Waals surface area contributed by atoms with Gasteiger partial charge in [-0.3, -0.25) is 0 Å². The molecule has 0 radical (unpaired) electrons. The van der Waals surface area contributed by atoms with Gasteiger partial charge in [0, 0.05) is 15.9 Å². The second-order valence-electron chi connectivity index (χ2n) is 5.17. The van der Waals surface area contributed by atoms with Crippen molar-refractivity contribution >= 4 is 33.2 Å². The molecule has 0 aliphatic heterocycles. The molecule has 0 aliphatic carbocycles. The molecule has 0 aliphatic rings. The van der Waals surface area contributed by atoms with Crippen LogP contribution in [0.2, 0.25) is 0 Å². The molecular formula is C17H23BrN4OS. The minimum Gasteiger partial charge on any atom is -0.492 e. The lowest BCUT2D eigenvalue weighted by molar-refractivity contribution is 0.321. The number of ether oxygens (including phenoxy) is 1. The van der Waals surface area contributed by atoms with E-state index in [1.54, 1.807) is 11.3 Å². The SMILES string of the molecule is CCNC(=NCc1sc(C)nc1C)NCCOc1cccc(Br)c1. The highest BCUT2D eigenvalue weighted by molar-refractivity contribution is 9.10. The summed E-state index contributed by atoms with van der Waals surface area (Å²) < 4.78 is 6.73. The van der Waals surface area contributed by atoms with Gasteiger partial charge in [0.05, 0.1) is 23.8 Å². The largest absolute Gasteiger partial charge is 0.492 e. The van der Waals surface area contributed by atoms with Gasteiger partial charge in [-0.15, -0.1) is 11.3 Å². The molecule has 2 aromatic rings. The van der Waals surface area contributed by atoms with E-state index in [0.717, 1.165) is 33.4 Å². The van der Waals surface area contributed by atoms with Crippen LogP contribution in [-0.4, -0.2) is 30.6 Å². The molecule has 1 aromatic heterocycles. The minimum atomic E-state index is 0.569. The summed E-state index contributed by atoms with van der Waals surface area (Å²) in [6.07, 6.45) is 0. The predicted molar refractivity (Wildman–Crippen MR) is 104 cm³/mol. The van der Waals surface area contributed by atoms with Crippen LogP contribution in [-0.2, 0) is 6.54 Å². The molecule has 0 saturated heterocycles. The topological polar surface area (TPSA) is 58.5 Å². The second kappa shape index (κ2) is 9.64. The first kappa shape index (κ1) is 18.7. The van der Waals surface area contributed by atoms with E-state index in [1.165, 1.54) is 4.88 Å². The van der Waals surface area contributed by atoms with E-state index < -0.39 is 0 Å². The molecule has 24 heavy (non-hydrogen) atoms. The molecule has 0 unspecified atom stereocenters. The van der Waals surface area contributed by atoms with E-state index in [4.69, 9.17) is 4.74 Å². The standard InChI is InChI=1S/C17H23BrN4OS/c1-4-19-17(21-11-16-12(2)22-13(3)24-16)20-8-9-23-15-7-5-6-14(18)10-15/h5-7,10H,4,8-9,11H2,1-3H3,(H2,19,20,21). The number of hydrogen-bond donors (Lipinski definition) is 2. The molecule has 7 heteroatoms. The molecule has 0 fully saturated rings. The lowest BCUT2D eigenvalue weighted by Crippen LogP contribution is -2.39. The molecule has 2 N–H and O–H groups in total. The Morgan fingerprint density at radius 2 is 2.17 bits per heavy atom. The Kier molecular flexibility index (Phi) is 7.52. The highest BCUT2D eigenvalue weighted by Crippen LogP contribution is 2.18. The molecule has 5 nitrogen and oxygen atoms in total. The number of aliphatic imine (C=N–C) groups is 1. The summed E-state index contributed by atoms with van der Waals surface area (Å²) in [5, 5.41) is 7.62. The molecule has 2 rings (SSSR count). The fourth-order valence-electron chi connectivity index (χ4n) is 2.11. The zero-order chi connectivity index (χ0) is 17.4. The number of aryl methyl sites for hydroxylation is 2. The number of guanidine groups is 1. The summed E-state index contributed by atoms with van der Waals surface area (Å²) in [6, 6.07) is 7.83. The van der Waals surface area contributed by atoms with Gasteiger partial charge >= 0.3 is 0 Å². The first-order chi connectivity index (χ1) is 11.6. The molecular weight excluding hydrogens is 388 g/mol. The van der Waals surface area contributed by atoms with Crippen molar-refractivity contribution in [2.75, 3.05) is 19.7 Å². The van der Waals surface area contributed by atoms with Crippen LogP contribution in [0, 0.1) is 13.8 Å². The summed E-state index contributed by atoms with van der Waals surface area (Å²) in [7, 11) is 0. The third-order valence-corrected chi connectivity index (χ3v) is 4.73. The Labute approximate surface area is 155 Å². The van der Waals surface area contributed by atoms with Gasteiger partial charge < -0.3 is 15.4 Å². The number of aromatic nitrogens is 1. The van der Waals surface area contributed by atoms with E-state index in [0.29, 0.717) is 19.7 Å². The maximum Gasteiger partial charge on any atom is 0.191 e. The Morgan fingerprint density at radius 1 is 1.33 bits per heavy atom. The van der Waals surface area contributed by atoms with Crippen molar-refractivity contribution in [3.8, 4) is 5.75 Å². The van der Waals surface area contributed by atoms with Crippen molar-refractivity contribution in [1.82, 2.24) is 15.6 Å². The Bertz CT molecular complexity index is 687. The first-order valence-corrected chi connectivity index (χ1v) is 9.53. The Morgan fingerprint density at radius 3 is 2.83 bits per heavy atom. The number of halogens is 1. The zero-order valence-electron chi connectivity index (χ0n) is 14.2. The van der Waals surface area contributed by atoms with Gasteiger partial charge in [-0.25, -0.2) is 9.98 Å². The average Bonchev–Trinajstić information content (AvgIpc) is 2.87. The average molecular weight is 411 g/mol. The van der Waals surface area contributed by atoms with Crippen molar-refractivity contribution in [2.45, 2.75) is 27.3 Å². The molecule has 0 amide bonds. The Hall–Kier alpha value is -1.60. The summed E-state index contributed by atoms with van der Waals surface area (Å²) in [5.74, 6) is 1.64. The number of hydrogen-bond acceptors (Lipinski definition) is 4. The molecule has 1 heterocycles. The number of rotatable bonds is 7. The fraction of sp³-hybridized carbons (Fsp3) is 0.412. The van der Waals surface area contributed by atoms with Gasteiger partial charge in [-0.05, 0) is 39.0 Å². The monoisotopic (exact) mass is 410 g/mol. The molecule has 0 saturated carbocycles. The van der Waals surface area contributed by atoms with Crippen LogP contribution in [0.4, 0.5) is 0 Å². The maximum atomic E-state index is 5.72. The van der Waals surface area contributed by atoms with Crippen molar-refractivity contribution in [3.05, 3.63) is 44.3 Å². The smallest absolute Gasteiger partial charge is 0.191 e. The maximum absolute atomic E-state index is 5.72. The highest BCUT2D eigenvalue weighted by Gasteiger charge is 2.05. The quantitative estimate of drug-likeness (QED) is 0.415. The van der Waals surface area contributed by atoms with Crippen LogP contribution >= 0.6 is 27.3 Å². The van der Waals surface area contributed by atoms with E-state index in [9.17, 15) is 0 Å². The third kappa shape index (κ3) is 6.13. The number of thiazole rings is 1. The van der Waals surface area contributed by atoms with Crippen molar-refractivity contribution in [1.29, 1.82) is 0 Å². The van der Waals surface area contributed by atoms with Crippen LogP contribution in [0.5, 0.6) is 5.75 Å². The summed E-state index contributed by atoms with van der Waals surface area (Å²) in [4.78, 5) is 10.3. The summed E-state index contributed by atoms with van der Waals surface area (Å²) in [6.45, 7) is 8.81. The Balaban J connectivity index is 1.82. The van der Waals surface area contributed by atoms with Gasteiger partial charge in [-0.2, -0.15) is 0 Å².